The summed E-state index contributed by atoms with van der Waals surface area (Å²) < 4.78 is 6.58. The van der Waals surface area contributed by atoms with E-state index in [4.69, 9.17) is 4.74 Å². The quantitative estimate of drug-likeness (QED) is 0.0520. The molecule has 1 saturated heterocycles. The molecule has 7 rings (SSSR count). The van der Waals surface area contributed by atoms with Crippen molar-refractivity contribution in [3.05, 3.63) is 149 Å². The van der Waals surface area contributed by atoms with E-state index in [-0.39, 0.29) is 22.2 Å². The Balaban J connectivity index is 1.18. The number of hydrogen-bond donors (Lipinski definition) is 2. The molecule has 1 atom stereocenters. The first-order valence-corrected chi connectivity index (χ1v) is 17.0. The van der Waals surface area contributed by atoms with Crippen LogP contribution in [-0.2, 0) is 21.9 Å². The topological polar surface area (TPSA) is 113 Å². The first kappa shape index (κ1) is 31.2. The van der Waals surface area contributed by atoms with Gasteiger partial charge in [0.2, 0.25) is 5.13 Å². The molecule has 0 aliphatic carbocycles. The van der Waals surface area contributed by atoms with Crippen LogP contribution >= 0.6 is 23.1 Å². The van der Waals surface area contributed by atoms with Crippen LogP contribution in [0, 0.1) is 6.92 Å². The van der Waals surface area contributed by atoms with Crippen molar-refractivity contribution in [2.45, 2.75) is 29.7 Å². The normalized spacial score (nSPS) is 15.7. The highest BCUT2D eigenvalue weighted by molar-refractivity contribution is 8.00. The number of thioether (sulfide) groups is 1. The molecule has 2 N–H and O–H groups in total. The summed E-state index contributed by atoms with van der Waals surface area (Å²) in [5.74, 6) is -0.733. The van der Waals surface area contributed by atoms with E-state index in [2.05, 4.69) is 34.5 Å². The number of aryl methyl sites for hydroxylation is 1. The third kappa shape index (κ3) is 6.15. The second kappa shape index (κ2) is 13.3. The molecule has 0 bridgehead atoms. The number of ether oxygens (including phenoxy) is 1. The highest BCUT2D eigenvalue weighted by atomic mass is 32.2. The van der Waals surface area contributed by atoms with Gasteiger partial charge >= 0.3 is 5.91 Å². The molecule has 48 heavy (non-hydrogen) atoms. The van der Waals surface area contributed by atoms with Gasteiger partial charge in [-0.2, -0.15) is 0 Å². The van der Waals surface area contributed by atoms with Crippen molar-refractivity contribution in [1.29, 1.82) is 0 Å². The molecule has 8 nitrogen and oxygen atoms in total. The molecule has 0 saturated carbocycles. The van der Waals surface area contributed by atoms with Crippen molar-refractivity contribution >= 4 is 56.5 Å². The number of phenolic OH excluding ortho intramolecular Hbond substituents is 1. The fraction of sp³-hybridized carbons (Fsp3) is 0.105. The predicted octanol–water partition coefficient (Wildman–Crippen LogP) is 8.20. The Morgan fingerprint density at radius 2 is 1.56 bits per heavy atom. The number of ketones is 1. The van der Waals surface area contributed by atoms with Crippen molar-refractivity contribution in [2.75, 3.05) is 4.90 Å². The molecule has 6 aromatic rings. The number of hydrogen-bond acceptors (Lipinski definition) is 9. The molecule has 0 radical (unpaired) electrons. The first-order chi connectivity index (χ1) is 23.4. The number of Topliss-reactive ketones (excluding diaryl/α,β-unsaturated/α-hetero) is 1. The number of rotatable bonds is 9. The van der Waals surface area contributed by atoms with E-state index in [0.29, 0.717) is 33.6 Å². The zero-order chi connectivity index (χ0) is 33.2. The fourth-order valence-electron chi connectivity index (χ4n) is 5.72. The van der Waals surface area contributed by atoms with Crippen LogP contribution in [0.25, 0.3) is 16.5 Å². The summed E-state index contributed by atoms with van der Waals surface area (Å²) in [6.07, 6.45) is 0. The number of fused-ring (bicyclic) bond motifs is 1. The lowest BCUT2D eigenvalue weighted by atomic mass is 9.95. The number of benzene rings is 5. The molecule has 10 heteroatoms. The van der Waals surface area contributed by atoms with E-state index in [1.54, 1.807) is 36.4 Å². The van der Waals surface area contributed by atoms with Gasteiger partial charge in [0.25, 0.3) is 5.78 Å². The van der Waals surface area contributed by atoms with Gasteiger partial charge in [-0.15, -0.1) is 10.2 Å². The summed E-state index contributed by atoms with van der Waals surface area (Å²) in [6.45, 7) is 2.40. The summed E-state index contributed by atoms with van der Waals surface area (Å²) in [5.41, 5.74) is 4.11. The van der Waals surface area contributed by atoms with Gasteiger partial charge in [-0.05, 0) is 76.3 Å². The summed E-state index contributed by atoms with van der Waals surface area (Å²) in [4.78, 5) is 28.5. The minimum absolute atomic E-state index is 0.0278. The minimum Gasteiger partial charge on any atom is -0.508 e. The number of aromatic hydroxyl groups is 1. The first-order valence-electron chi connectivity index (χ1n) is 15.2. The van der Waals surface area contributed by atoms with Crippen LogP contribution in [0.4, 0.5) is 5.13 Å². The largest absolute Gasteiger partial charge is 0.508 e. The van der Waals surface area contributed by atoms with E-state index in [9.17, 15) is 19.8 Å². The van der Waals surface area contributed by atoms with Crippen LogP contribution in [0.15, 0.2) is 125 Å². The Labute approximate surface area is 285 Å². The second-order valence-corrected chi connectivity index (χ2v) is 13.5. The van der Waals surface area contributed by atoms with Gasteiger partial charge in [-0.25, -0.2) is 0 Å². The molecule has 1 fully saturated rings. The molecule has 1 aliphatic rings. The summed E-state index contributed by atoms with van der Waals surface area (Å²) in [7, 11) is 0. The Hall–Kier alpha value is -5.45. The number of anilines is 1. The van der Waals surface area contributed by atoms with E-state index < -0.39 is 17.7 Å². The smallest absolute Gasteiger partial charge is 0.301 e. The highest BCUT2D eigenvalue weighted by Gasteiger charge is 2.48. The molecular weight excluding hydrogens is 643 g/mol. The van der Waals surface area contributed by atoms with Crippen molar-refractivity contribution in [1.82, 2.24) is 10.2 Å². The average Bonchev–Trinajstić information content (AvgIpc) is 3.68. The summed E-state index contributed by atoms with van der Waals surface area (Å²) in [6, 6.07) is 34.2. The Kier molecular flexibility index (Phi) is 8.66. The third-order valence-corrected chi connectivity index (χ3v) is 10.4. The Morgan fingerprint density at radius 3 is 2.35 bits per heavy atom. The fourth-order valence-corrected chi connectivity index (χ4v) is 7.59. The monoisotopic (exact) mass is 671 g/mol. The van der Waals surface area contributed by atoms with Crippen LogP contribution < -0.4 is 9.64 Å². The average molecular weight is 672 g/mol. The summed E-state index contributed by atoms with van der Waals surface area (Å²) in [5, 5.41) is 32.7. The number of aliphatic hydroxyl groups is 1. The van der Waals surface area contributed by atoms with Crippen molar-refractivity contribution in [2.24, 2.45) is 0 Å². The van der Waals surface area contributed by atoms with Gasteiger partial charge in [0, 0.05) is 11.3 Å². The second-order valence-electron chi connectivity index (χ2n) is 11.3. The molecular formula is C38H29N3O5S2. The third-order valence-electron chi connectivity index (χ3n) is 8.27. The van der Waals surface area contributed by atoms with E-state index in [1.165, 1.54) is 40.1 Å². The predicted molar refractivity (Wildman–Crippen MR) is 188 cm³/mol. The molecule has 1 aromatic heterocycles. The van der Waals surface area contributed by atoms with E-state index in [0.717, 1.165) is 27.5 Å². The van der Waals surface area contributed by atoms with Gasteiger partial charge in [-0.1, -0.05) is 102 Å². The standard InChI is InChI=1S/C38H29N3O5S2/c1-23-7-2-3-9-27(23)21-46-30-19-15-26(16-20-30)34(43)32-33(25-13-17-29(42)18-14-25)41(36(45)35(32)44)37-39-40-38(48-37)47-22-28-11-6-10-24-8-4-5-12-31(24)28/h2-20,33,42-43H,21-22H2,1H3/b34-32+. The van der Waals surface area contributed by atoms with Gasteiger partial charge in [0.15, 0.2) is 4.34 Å². The molecule has 1 amide bonds. The van der Waals surface area contributed by atoms with Crippen LogP contribution in [0.2, 0.25) is 0 Å². The van der Waals surface area contributed by atoms with Crippen molar-refractivity contribution in [3.8, 4) is 11.5 Å². The Bertz CT molecular complexity index is 2170. The maximum absolute atomic E-state index is 13.6. The number of aromatic nitrogens is 2. The summed E-state index contributed by atoms with van der Waals surface area (Å²) >= 11 is 2.69. The minimum atomic E-state index is -0.994. The molecule has 1 aliphatic heterocycles. The van der Waals surface area contributed by atoms with Crippen LogP contribution in [0.5, 0.6) is 11.5 Å². The van der Waals surface area contributed by atoms with Gasteiger partial charge in [-0.3, -0.25) is 14.5 Å². The van der Waals surface area contributed by atoms with Gasteiger partial charge in [0.05, 0.1) is 11.6 Å². The number of carbonyl (C=O) groups excluding carboxylic acids is 2. The van der Waals surface area contributed by atoms with Crippen LogP contribution in [0.3, 0.4) is 0 Å². The van der Waals surface area contributed by atoms with Gasteiger partial charge in [0.1, 0.15) is 23.9 Å². The lowest BCUT2D eigenvalue weighted by Crippen LogP contribution is -2.29. The molecule has 5 aromatic carbocycles. The van der Waals surface area contributed by atoms with Crippen molar-refractivity contribution in [3.63, 3.8) is 0 Å². The number of aliphatic hydroxyl groups excluding tert-OH is 1. The number of phenols is 1. The zero-order valence-corrected chi connectivity index (χ0v) is 27.4. The maximum Gasteiger partial charge on any atom is 0.301 e. The molecule has 0 spiro atoms. The van der Waals surface area contributed by atoms with E-state index in [1.807, 2.05) is 49.4 Å². The van der Waals surface area contributed by atoms with Gasteiger partial charge < -0.3 is 14.9 Å². The SMILES string of the molecule is Cc1ccccc1COc1ccc(/C(O)=C2\C(=O)C(=O)N(c3nnc(SCc4cccc5ccccc45)s3)C2c2ccc(O)cc2)cc1. The molecule has 1 unspecified atom stereocenters. The van der Waals surface area contributed by atoms with E-state index >= 15 is 0 Å². The molecule has 2 heterocycles. The number of amides is 1. The maximum atomic E-state index is 13.6. The van der Waals surface area contributed by atoms with Crippen LogP contribution in [-0.4, -0.2) is 32.1 Å². The number of nitrogens with zero attached hydrogens (tertiary/aromatic N) is 3. The van der Waals surface area contributed by atoms with Crippen LogP contribution in [0.1, 0.15) is 33.9 Å². The Morgan fingerprint density at radius 1 is 0.854 bits per heavy atom. The lowest BCUT2D eigenvalue weighted by Gasteiger charge is -2.22. The molecule has 238 valence electrons. The zero-order valence-electron chi connectivity index (χ0n) is 25.7. The lowest BCUT2D eigenvalue weighted by molar-refractivity contribution is -0.132. The van der Waals surface area contributed by atoms with Crippen molar-refractivity contribution < 1.29 is 24.5 Å². The highest BCUT2D eigenvalue weighted by Crippen LogP contribution is 2.44. The number of carbonyl (C=O) groups is 2.